The van der Waals surface area contributed by atoms with Crippen LogP contribution in [0.2, 0.25) is 0 Å². The third-order valence-electron chi connectivity index (χ3n) is 4.79. The number of benzene rings is 1. The van der Waals surface area contributed by atoms with Gasteiger partial charge in [-0.1, -0.05) is 0 Å². The summed E-state index contributed by atoms with van der Waals surface area (Å²) in [5.41, 5.74) is 2.77. The van der Waals surface area contributed by atoms with E-state index < -0.39 is 6.10 Å². The number of nitrogens with zero attached hydrogens (tertiary/aromatic N) is 3. The second-order valence-electron chi connectivity index (χ2n) is 7.10. The van der Waals surface area contributed by atoms with E-state index in [1.54, 1.807) is 13.3 Å². The van der Waals surface area contributed by atoms with Gasteiger partial charge in [0, 0.05) is 37.3 Å². The zero-order valence-corrected chi connectivity index (χ0v) is 15.7. The molecule has 2 N–H and O–H groups in total. The van der Waals surface area contributed by atoms with E-state index in [-0.39, 0.29) is 12.2 Å². The van der Waals surface area contributed by atoms with Crippen LogP contribution in [0, 0.1) is 0 Å². The Hall–Kier alpha value is -2.64. The minimum absolute atomic E-state index is 0.112. The minimum atomic E-state index is -0.512. The summed E-state index contributed by atoms with van der Waals surface area (Å²) in [6.45, 7) is 5.13. The summed E-state index contributed by atoms with van der Waals surface area (Å²) < 4.78 is 11.1. The van der Waals surface area contributed by atoms with Crippen LogP contribution < -0.4 is 9.64 Å². The molecular formula is C20H24N4O3. The second-order valence-corrected chi connectivity index (χ2v) is 7.10. The van der Waals surface area contributed by atoms with E-state index in [4.69, 9.17) is 9.47 Å². The smallest absolute Gasteiger partial charge is 0.129 e. The molecule has 1 aliphatic rings. The maximum Gasteiger partial charge on any atom is 0.129 e. The molecule has 3 heterocycles. The summed E-state index contributed by atoms with van der Waals surface area (Å²) in [7, 11) is 1.62. The number of ether oxygens (including phenoxy) is 2. The fraction of sp³-hybridized carbons (Fsp3) is 0.400. The average Bonchev–Trinajstić information content (AvgIpc) is 3.24. The summed E-state index contributed by atoms with van der Waals surface area (Å²) in [5.74, 6) is 1.62. The normalized spacial score (nSPS) is 20.0. The van der Waals surface area contributed by atoms with Crippen LogP contribution in [0.3, 0.4) is 0 Å². The van der Waals surface area contributed by atoms with E-state index in [0.717, 1.165) is 33.7 Å². The van der Waals surface area contributed by atoms with Gasteiger partial charge in [0.2, 0.25) is 0 Å². The first-order valence-electron chi connectivity index (χ1n) is 9.12. The van der Waals surface area contributed by atoms with E-state index in [2.05, 4.69) is 15.2 Å². The summed E-state index contributed by atoms with van der Waals surface area (Å²) in [6, 6.07) is 9.87. The van der Waals surface area contributed by atoms with Gasteiger partial charge in [-0.3, -0.25) is 5.10 Å². The van der Waals surface area contributed by atoms with E-state index in [1.807, 2.05) is 49.1 Å². The molecule has 4 rings (SSSR count). The molecule has 0 saturated carbocycles. The predicted octanol–water partition coefficient (Wildman–Crippen LogP) is 2.61. The first-order chi connectivity index (χ1) is 13.0. The Kier molecular flexibility index (Phi) is 4.72. The molecular weight excluding hydrogens is 344 g/mol. The SMILES string of the molecule is CO[C@H]1CN(c2cc(-c3n[nH]c4ccc(OC(C)C)cc34)ccn2)CC1O. The van der Waals surface area contributed by atoms with E-state index in [1.165, 1.54) is 0 Å². The van der Waals surface area contributed by atoms with E-state index in [0.29, 0.717) is 13.1 Å². The summed E-state index contributed by atoms with van der Waals surface area (Å²) >= 11 is 0. The van der Waals surface area contributed by atoms with Crippen LogP contribution >= 0.6 is 0 Å². The van der Waals surface area contributed by atoms with Crippen molar-refractivity contribution < 1.29 is 14.6 Å². The predicted molar refractivity (Wildman–Crippen MR) is 104 cm³/mol. The summed E-state index contributed by atoms with van der Waals surface area (Å²) in [4.78, 5) is 6.50. The van der Waals surface area contributed by atoms with Crippen molar-refractivity contribution in [2.75, 3.05) is 25.1 Å². The van der Waals surface area contributed by atoms with Gasteiger partial charge in [0.15, 0.2) is 0 Å². The van der Waals surface area contributed by atoms with Gasteiger partial charge in [-0.15, -0.1) is 0 Å². The van der Waals surface area contributed by atoms with Crippen molar-refractivity contribution in [3.63, 3.8) is 0 Å². The van der Waals surface area contributed by atoms with Crippen LogP contribution in [0.4, 0.5) is 5.82 Å². The fourth-order valence-electron chi connectivity index (χ4n) is 3.47. The number of anilines is 1. The van der Waals surface area contributed by atoms with Crippen LogP contribution in [-0.2, 0) is 4.74 Å². The van der Waals surface area contributed by atoms with Gasteiger partial charge in [0.05, 0.1) is 17.7 Å². The summed E-state index contributed by atoms with van der Waals surface area (Å²) in [5, 5.41) is 18.7. The van der Waals surface area contributed by atoms with Crippen molar-refractivity contribution >= 4 is 16.7 Å². The van der Waals surface area contributed by atoms with Gasteiger partial charge in [0.1, 0.15) is 23.4 Å². The molecule has 0 radical (unpaired) electrons. The maximum atomic E-state index is 10.1. The lowest BCUT2D eigenvalue weighted by Crippen LogP contribution is -2.25. The van der Waals surface area contributed by atoms with Gasteiger partial charge in [-0.25, -0.2) is 4.98 Å². The molecule has 2 aromatic heterocycles. The molecule has 142 valence electrons. The number of aromatic nitrogens is 3. The molecule has 0 bridgehead atoms. The molecule has 1 fully saturated rings. The highest BCUT2D eigenvalue weighted by atomic mass is 16.5. The number of methoxy groups -OCH3 is 1. The van der Waals surface area contributed by atoms with Crippen LogP contribution in [0.5, 0.6) is 5.75 Å². The number of hydrogen-bond donors (Lipinski definition) is 2. The highest BCUT2D eigenvalue weighted by Crippen LogP contribution is 2.31. The molecule has 0 spiro atoms. The average molecular weight is 368 g/mol. The molecule has 0 amide bonds. The van der Waals surface area contributed by atoms with Crippen molar-refractivity contribution in [3.05, 3.63) is 36.5 Å². The molecule has 1 aliphatic heterocycles. The van der Waals surface area contributed by atoms with Gasteiger partial charge in [-0.2, -0.15) is 5.10 Å². The van der Waals surface area contributed by atoms with Crippen molar-refractivity contribution in [3.8, 4) is 17.0 Å². The lowest BCUT2D eigenvalue weighted by Gasteiger charge is -2.17. The standard InChI is InChI=1S/C20H24N4O3/c1-12(2)27-14-4-5-16-15(9-14)20(23-22-16)13-6-7-21-19(8-13)24-10-17(25)18(11-24)26-3/h4-9,12,17-18,25H,10-11H2,1-3H3,(H,22,23)/t17?,18-/m0/s1. The Morgan fingerprint density at radius 1 is 1.22 bits per heavy atom. The van der Waals surface area contributed by atoms with Crippen LogP contribution in [-0.4, -0.2) is 58.8 Å². The Bertz CT molecular complexity index is 940. The molecule has 1 saturated heterocycles. The van der Waals surface area contributed by atoms with E-state index >= 15 is 0 Å². The number of nitrogens with one attached hydrogen (secondary N) is 1. The Morgan fingerprint density at radius 2 is 2.07 bits per heavy atom. The van der Waals surface area contributed by atoms with Crippen LogP contribution in [0.25, 0.3) is 22.2 Å². The van der Waals surface area contributed by atoms with E-state index in [9.17, 15) is 5.11 Å². The number of β-amino-alcohol motifs (C(OH)–C–C–N with tert-alkyl or cyclic N) is 1. The van der Waals surface area contributed by atoms with Gasteiger partial charge in [0.25, 0.3) is 0 Å². The van der Waals surface area contributed by atoms with Gasteiger partial charge < -0.3 is 19.5 Å². The molecule has 2 atom stereocenters. The second kappa shape index (κ2) is 7.17. The van der Waals surface area contributed by atoms with Crippen molar-refractivity contribution in [2.24, 2.45) is 0 Å². The zero-order chi connectivity index (χ0) is 19.0. The lowest BCUT2D eigenvalue weighted by atomic mass is 10.1. The monoisotopic (exact) mass is 368 g/mol. The maximum absolute atomic E-state index is 10.1. The van der Waals surface area contributed by atoms with Crippen molar-refractivity contribution in [1.29, 1.82) is 0 Å². The zero-order valence-electron chi connectivity index (χ0n) is 15.7. The highest BCUT2D eigenvalue weighted by Gasteiger charge is 2.32. The number of pyridine rings is 1. The number of rotatable bonds is 5. The third kappa shape index (κ3) is 3.48. The molecule has 1 unspecified atom stereocenters. The molecule has 7 nitrogen and oxygen atoms in total. The minimum Gasteiger partial charge on any atom is -0.491 e. The Balaban J connectivity index is 1.68. The first-order valence-corrected chi connectivity index (χ1v) is 9.12. The van der Waals surface area contributed by atoms with Crippen molar-refractivity contribution in [2.45, 2.75) is 32.2 Å². The van der Waals surface area contributed by atoms with Crippen LogP contribution in [0.1, 0.15) is 13.8 Å². The topological polar surface area (TPSA) is 83.5 Å². The number of H-pyrrole nitrogens is 1. The van der Waals surface area contributed by atoms with Crippen molar-refractivity contribution in [1.82, 2.24) is 15.2 Å². The van der Waals surface area contributed by atoms with Gasteiger partial charge in [-0.05, 0) is 44.2 Å². The molecule has 3 aromatic rings. The first kappa shape index (κ1) is 17.8. The number of aliphatic hydroxyl groups excluding tert-OH is 1. The third-order valence-corrected chi connectivity index (χ3v) is 4.79. The number of hydrogen-bond acceptors (Lipinski definition) is 6. The summed E-state index contributed by atoms with van der Waals surface area (Å²) in [6.07, 6.45) is 1.17. The fourth-order valence-corrected chi connectivity index (χ4v) is 3.47. The number of aromatic amines is 1. The quantitative estimate of drug-likeness (QED) is 0.720. The lowest BCUT2D eigenvalue weighted by molar-refractivity contribution is 0.0217. The molecule has 1 aromatic carbocycles. The Morgan fingerprint density at radius 3 is 2.81 bits per heavy atom. The van der Waals surface area contributed by atoms with Gasteiger partial charge >= 0.3 is 0 Å². The Labute approximate surface area is 157 Å². The molecule has 7 heteroatoms. The molecule has 27 heavy (non-hydrogen) atoms. The largest absolute Gasteiger partial charge is 0.491 e. The van der Waals surface area contributed by atoms with Crippen LogP contribution in [0.15, 0.2) is 36.5 Å². The highest BCUT2D eigenvalue weighted by molar-refractivity contribution is 5.94. The number of aliphatic hydroxyl groups is 1. The molecule has 0 aliphatic carbocycles. The number of fused-ring (bicyclic) bond motifs is 1.